The molecule has 1 aliphatic heterocycles. The first-order valence-corrected chi connectivity index (χ1v) is 5.48. The fourth-order valence-electron chi connectivity index (χ4n) is 1.41. The van der Waals surface area contributed by atoms with E-state index in [4.69, 9.17) is 9.47 Å². The average Bonchev–Trinajstić information content (AvgIpc) is 2.26. The van der Waals surface area contributed by atoms with Crippen LogP contribution in [-0.2, 0) is 9.47 Å². The van der Waals surface area contributed by atoms with E-state index in [0.717, 1.165) is 19.4 Å². The van der Waals surface area contributed by atoms with Gasteiger partial charge in [-0.15, -0.1) is 0 Å². The van der Waals surface area contributed by atoms with Crippen LogP contribution in [-0.4, -0.2) is 36.0 Å². The molecule has 0 aromatic rings. The fraction of sp³-hybridized carbons (Fsp3) is 0.909. The van der Waals surface area contributed by atoms with Crippen molar-refractivity contribution in [3.8, 4) is 0 Å². The molecule has 0 spiro atoms. The molecule has 4 nitrogen and oxygen atoms in total. The molecule has 4 heteroatoms. The third-order valence-corrected chi connectivity index (χ3v) is 2.21. The van der Waals surface area contributed by atoms with Crippen LogP contribution in [0.5, 0.6) is 0 Å². The van der Waals surface area contributed by atoms with Gasteiger partial charge in [0.25, 0.3) is 0 Å². The molecular weight excluding hydrogens is 194 g/mol. The Morgan fingerprint density at radius 2 is 2.13 bits per heavy atom. The van der Waals surface area contributed by atoms with Gasteiger partial charge in [-0.05, 0) is 40.5 Å². The van der Waals surface area contributed by atoms with Crippen LogP contribution in [0.25, 0.3) is 0 Å². The summed E-state index contributed by atoms with van der Waals surface area (Å²) in [7, 11) is 0. The second-order valence-corrected chi connectivity index (χ2v) is 4.99. The molecule has 1 aliphatic rings. The summed E-state index contributed by atoms with van der Waals surface area (Å²) in [6.07, 6.45) is 1.92. The lowest BCUT2D eigenvalue weighted by molar-refractivity contribution is -0.0210. The fourth-order valence-corrected chi connectivity index (χ4v) is 1.41. The second kappa shape index (κ2) is 4.84. The summed E-state index contributed by atoms with van der Waals surface area (Å²) in [6.45, 7) is 8.69. The van der Waals surface area contributed by atoms with E-state index in [1.807, 2.05) is 27.7 Å². The van der Waals surface area contributed by atoms with Crippen molar-refractivity contribution in [3.05, 3.63) is 0 Å². The molecule has 88 valence electrons. The van der Waals surface area contributed by atoms with E-state index < -0.39 is 5.60 Å². The maximum absolute atomic E-state index is 11.7. The Hall–Kier alpha value is -0.770. The van der Waals surface area contributed by atoms with E-state index in [-0.39, 0.29) is 12.2 Å². The Balaban J connectivity index is 2.45. The van der Waals surface area contributed by atoms with Crippen molar-refractivity contribution < 1.29 is 14.3 Å². The summed E-state index contributed by atoms with van der Waals surface area (Å²) in [5, 5.41) is 0. The summed E-state index contributed by atoms with van der Waals surface area (Å²) in [5.41, 5.74) is -0.436. The third kappa shape index (κ3) is 4.51. The zero-order chi connectivity index (χ0) is 11.5. The monoisotopic (exact) mass is 215 g/mol. The molecule has 1 atom stereocenters. The van der Waals surface area contributed by atoms with Gasteiger partial charge in [-0.2, -0.15) is 0 Å². The van der Waals surface area contributed by atoms with Crippen molar-refractivity contribution in [1.82, 2.24) is 4.90 Å². The van der Waals surface area contributed by atoms with Gasteiger partial charge in [0.1, 0.15) is 12.3 Å². The molecule has 0 N–H and O–H groups in total. The molecule has 0 aliphatic carbocycles. The molecule has 15 heavy (non-hydrogen) atoms. The van der Waals surface area contributed by atoms with Crippen molar-refractivity contribution in [2.24, 2.45) is 0 Å². The minimum absolute atomic E-state index is 0.234. The van der Waals surface area contributed by atoms with Crippen molar-refractivity contribution in [2.75, 3.05) is 13.3 Å². The van der Waals surface area contributed by atoms with Crippen LogP contribution in [0.3, 0.4) is 0 Å². The van der Waals surface area contributed by atoms with Gasteiger partial charge in [0.15, 0.2) is 0 Å². The topological polar surface area (TPSA) is 38.8 Å². The SMILES string of the molecule is CC1CCCN(C(=O)OC(C)(C)C)CO1. The molecule has 1 unspecified atom stereocenters. The van der Waals surface area contributed by atoms with Crippen molar-refractivity contribution in [3.63, 3.8) is 0 Å². The summed E-state index contributed by atoms with van der Waals surface area (Å²) >= 11 is 0. The Morgan fingerprint density at radius 1 is 1.47 bits per heavy atom. The number of amides is 1. The highest BCUT2D eigenvalue weighted by atomic mass is 16.6. The van der Waals surface area contributed by atoms with E-state index in [1.165, 1.54) is 0 Å². The molecule has 1 amide bonds. The highest BCUT2D eigenvalue weighted by Gasteiger charge is 2.24. The number of ether oxygens (including phenoxy) is 2. The molecule has 0 aromatic carbocycles. The van der Waals surface area contributed by atoms with E-state index in [9.17, 15) is 4.79 Å². The van der Waals surface area contributed by atoms with Gasteiger partial charge in [-0.3, -0.25) is 4.90 Å². The van der Waals surface area contributed by atoms with Crippen LogP contribution < -0.4 is 0 Å². The Morgan fingerprint density at radius 3 is 2.73 bits per heavy atom. The molecule has 0 aromatic heterocycles. The lowest BCUT2D eigenvalue weighted by atomic mass is 10.2. The number of carbonyl (C=O) groups excluding carboxylic acids is 1. The van der Waals surface area contributed by atoms with Gasteiger partial charge < -0.3 is 9.47 Å². The minimum Gasteiger partial charge on any atom is -0.444 e. The standard InChI is InChI=1S/C11H21NO3/c1-9-6-5-7-12(8-14-9)10(13)15-11(2,3)4/h9H,5-8H2,1-4H3. The molecule has 1 fully saturated rings. The Kier molecular flexibility index (Phi) is 3.97. The van der Waals surface area contributed by atoms with Crippen LogP contribution in [0.1, 0.15) is 40.5 Å². The van der Waals surface area contributed by atoms with Gasteiger partial charge in [0.2, 0.25) is 0 Å². The Labute approximate surface area is 91.5 Å². The van der Waals surface area contributed by atoms with Gasteiger partial charge in [-0.25, -0.2) is 4.79 Å². The summed E-state index contributed by atoms with van der Waals surface area (Å²) < 4.78 is 10.8. The number of carbonyl (C=O) groups is 1. The predicted octanol–water partition coefficient (Wildman–Crippen LogP) is 2.38. The minimum atomic E-state index is -0.436. The average molecular weight is 215 g/mol. The third-order valence-electron chi connectivity index (χ3n) is 2.21. The maximum atomic E-state index is 11.7. The molecule has 1 saturated heterocycles. The summed E-state index contributed by atoms with van der Waals surface area (Å²) in [6, 6.07) is 0. The van der Waals surface area contributed by atoms with E-state index in [0.29, 0.717) is 6.73 Å². The molecule has 0 bridgehead atoms. The molecule has 0 radical (unpaired) electrons. The highest BCUT2D eigenvalue weighted by molar-refractivity contribution is 5.67. The summed E-state index contributed by atoms with van der Waals surface area (Å²) in [5.74, 6) is 0. The Bertz CT molecular complexity index is 222. The maximum Gasteiger partial charge on any atom is 0.412 e. The number of hydrogen-bond acceptors (Lipinski definition) is 3. The number of rotatable bonds is 0. The predicted molar refractivity (Wildman–Crippen MR) is 57.6 cm³/mol. The first-order valence-electron chi connectivity index (χ1n) is 5.48. The van der Waals surface area contributed by atoms with Crippen molar-refractivity contribution in [1.29, 1.82) is 0 Å². The second-order valence-electron chi connectivity index (χ2n) is 4.99. The smallest absolute Gasteiger partial charge is 0.412 e. The largest absolute Gasteiger partial charge is 0.444 e. The van der Waals surface area contributed by atoms with Gasteiger partial charge in [0.05, 0.1) is 6.10 Å². The lowest BCUT2D eigenvalue weighted by Crippen LogP contribution is -2.38. The quantitative estimate of drug-likeness (QED) is 0.622. The normalized spacial score (nSPS) is 23.5. The molecule has 1 rings (SSSR count). The lowest BCUT2D eigenvalue weighted by Gasteiger charge is -2.26. The zero-order valence-corrected chi connectivity index (χ0v) is 10.1. The van der Waals surface area contributed by atoms with Crippen molar-refractivity contribution >= 4 is 6.09 Å². The van der Waals surface area contributed by atoms with Crippen molar-refractivity contribution in [2.45, 2.75) is 52.2 Å². The first-order chi connectivity index (χ1) is 6.88. The van der Waals surface area contributed by atoms with E-state index in [1.54, 1.807) is 4.90 Å². The van der Waals surface area contributed by atoms with E-state index >= 15 is 0 Å². The molecule has 0 saturated carbocycles. The van der Waals surface area contributed by atoms with Gasteiger partial charge in [-0.1, -0.05) is 0 Å². The van der Waals surface area contributed by atoms with Crippen LogP contribution >= 0.6 is 0 Å². The van der Waals surface area contributed by atoms with Gasteiger partial charge >= 0.3 is 6.09 Å². The van der Waals surface area contributed by atoms with Crippen LogP contribution in [0, 0.1) is 0 Å². The van der Waals surface area contributed by atoms with Crippen LogP contribution in [0.4, 0.5) is 4.79 Å². The zero-order valence-electron chi connectivity index (χ0n) is 10.1. The number of hydrogen-bond donors (Lipinski definition) is 0. The summed E-state index contributed by atoms with van der Waals surface area (Å²) in [4.78, 5) is 13.3. The highest BCUT2D eigenvalue weighted by Crippen LogP contribution is 2.14. The molecular formula is C11H21NO3. The van der Waals surface area contributed by atoms with Gasteiger partial charge in [0, 0.05) is 6.54 Å². The van der Waals surface area contributed by atoms with E-state index in [2.05, 4.69) is 0 Å². The molecule has 1 heterocycles. The van der Waals surface area contributed by atoms with Crippen LogP contribution in [0.15, 0.2) is 0 Å². The first kappa shape index (κ1) is 12.3. The number of nitrogens with zero attached hydrogens (tertiary/aromatic N) is 1. The van der Waals surface area contributed by atoms with Crippen LogP contribution in [0.2, 0.25) is 0 Å².